The van der Waals surface area contributed by atoms with Gasteiger partial charge in [0.15, 0.2) is 0 Å². The van der Waals surface area contributed by atoms with Gasteiger partial charge in [0.2, 0.25) is 0 Å². The first-order valence-corrected chi connectivity index (χ1v) is 8.40. The van der Waals surface area contributed by atoms with Crippen LogP contribution in [-0.2, 0) is 13.0 Å². The van der Waals surface area contributed by atoms with Gasteiger partial charge < -0.3 is 9.55 Å². The van der Waals surface area contributed by atoms with Crippen LogP contribution in [0.3, 0.4) is 0 Å². The number of rotatable bonds is 5. The van der Waals surface area contributed by atoms with Crippen LogP contribution < -0.4 is 0 Å². The molecule has 0 fully saturated rings. The summed E-state index contributed by atoms with van der Waals surface area (Å²) in [5.74, 6) is 2.00. The Hall–Kier alpha value is -2.95. The lowest BCUT2D eigenvalue weighted by atomic mass is 10.1. The zero-order chi connectivity index (χ0) is 17.2. The van der Waals surface area contributed by atoms with E-state index in [4.69, 9.17) is 0 Å². The molecule has 4 nitrogen and oxygen atoms in total. The van der Waals surface area contributed by atoms with E-state index in [1.807, 2.05) is 30.5 Å². The average molecular weight is 334 g/mol. The van der Waals surface area contributed by atoms with Gasteiger partial charge >= 0.3 is 0 Å². The molecule has 4 rings (SSSR count). The Balaban J connectivity index is 1.50. The monoisotopic (exact) mass is 334 g/mol. The molecule has 1 N–H and O–H groups in total. The highest BCUT2D eigenvalue weighted by Crippen LogP contribution is 2.20. The highest BCUT2D eigenvalue weighted by Gasteiger charge is 2.12. The van der Waals surface area contributed by atoms with Gasteiger partial charge in [-0.05, 0) is 42.3 Å². The number of hydrogen-bond donors (Lipinski definition) is 1. The number of fused-ring (bicyclic) bond motifs is 1. The zero-order valence-corrected chi connectivity index (χ0v) is 14.0. The number of aromatic amines is 1. The first-order valence-electron chi connectivity index (χ1n) is 8.40. The van der Waals surface area contributed by atoms with E-state index in [0.717, 1.165) is 41.2 Å². The van der Waals surface area contributed by atoms with Crippen molar-refractivity contribution in [2.24, 2.45) is 5.92 Å². The van der Waals surface area contributed by atoms with Gasteiger partial charge in [-0.15, -0.1) is 0 Å². The van der Waals surface area contributed by atoms with Crippen LogP contribution in [0.2, 0.25) is 0 Å². The van der Waals surface area contributed by atoms with E-state index in [-0.39, 0.29) is 5.82 Å². The summed E-state index contributed by atoms with van der Waals surface area (Å²) in [5.41, 5.74) is 2.99. The third-order valence-electron chi connectivity index (χ3n) is 4.31. The summed E-state index contributed by atoms with van der Waals surface area (Å²) < 4.78 is 15.2. The van der Waals surface area contributed by atoms with Gasteiger partial charge in [-0.1, -0.05) is 19.1 Å². The molecule has 0 aliphatic carbocycles. The van der Waals surface area contributed by atoms with Gasteiger partial charge in [-0.25, -0.2) is 14.4 Å². The van der Waals surface area contributed by atoms with Crippen molar-refractivity contribution in [1.82, 2.24) is 19.5 Å². The van der Waals surface area contributed by atoms with Crippen molar-refractivity contribution in [3.05, 3.63) is 72.6 Å². The summed E-state index contributed by atoms with van der Waals surface area (Å²) in [6, 6.07) is 14.5. The maximum absolute atomic E-state index is 13.1. The molecule has 0 aliphatic rings. The van der Waals surface area contributed by atoms with Gasteiger partial charge in [0.1, 0.15) is 17.5 Å². The molecule has 2 aromatic heterocycles. The average Bonchev–Trinajstić information content (AvgIpc) is 3.21. The highest BCUT2D eigenvalue weighted by atomic mass is 19.1. The third-order valence-corrected chi connectivity index (χ3v) is 4.31. The molecule has 0 spiro atoms. The molecule has 2 heterocycles. The second kappa shape index (κ2) is 6.51. The molecule has 0 saturated carbocycles. The van der Waals surface area contributed by atoms with Gasteiger partial charge in [-0.2, -0.15) is 0 Å². The molecule has 2 aromatic carbocycles. The van der Waals surface area contributed by atoms with Crippen molar-refractivity contribution in [1.29, 1.82) is 0 Å². The topological polar surface area (TPSA) is 46.5 Å². The Morgan fingerprint density at radius 1 is 1.12 bits per heavy atom. The van der Waals surface area contributed by atoms with Crippen molar-refractivity contribution in [2.75, 3.05) is 0 Å². The molecule has 0 bridgehead atoms. The quantitative estimate of drug-likeness (QED) is 0.586. The highest BCUT2D eigenvalue weighted by molar-refractivity contribution is 5.74. The van der Waals surface area contributed by atoms with Gasteiger partial charge in [-0.3, -0.25) is 0 Å². The Kier molecular flexibility index (Phi) is 4.06. The van der Waals surface area contributed by atoms with E-state index >= 15 is 0 Å². The lowest BCUT2D eigenvalue weighted by Gasteiger charge is -2.13. The van der Waals surface area contributed by atoms with E-state index in [0.29, 0.717) is 5.92 Å². The predicted octanol–water partition coefficient (Wildman–Crippen LogP) is 4.44. The fraction of sp³-hybridized carbons (Fsp3) is 0.200. The Labute approximate surface area is 145 Å². The molecule has 4 aromatic rings. The lowest BCUT2D eigenvalue weighted by molar-refractivity contribution is 0.474. The molecular weight excluding hydrogens is 315 g/mol. The number of benzene rings is 2. The normalized spacial score (nSPS) is 12.6. The number of H-pyrrole nitrogens is 1. The molecular formula is C20H19FN4. The van der Waals surface area contributed by atoms with Crippen molar-refractivity contribution >= 4 is 11.0 Å². The summed E-state index contributed by atoms with van der Waals surface area (Å²) in [7, 11) is 0. The van der Waals surface area contributed by atoms with Crippen LogP contribution in [0.5, 0.6) is 0 Å². The first-order chi connectivity index (χ1) is 12.2. The molecule has 1 atom stereocenters. The second-order valence-corrected chi connectivity index (χ2v) is 6.42. The Bertz CT molecular complexity index is 951. The molecule has 25 heavy (non-hydrogen) atoms. The number of nitrogens with one attached hydrogen (secondary N) is 1. The summed E-state index contributed by atoms with van der Waals surface area (Å²) in [4.78, 5) is 12.5. The van der Waals surface area contributed by atoms with Crippen LogP contribution in [0.4, 0.5) is 4.39 Å². The molecule has 0 amide bonds. The van der Waals surface area contributed by atoms with E-state index in [9.17, 15) is 4.39 Å². The maximum Gasteiger partial charge on any atom is 0.139 e. The third kappa shape index (κ3) is 3.31. The Morgan fingerprint density at radius 2 is 1.92 bits per heavy atom. The van der Waals surface area contributed by atoms with E-state index in [2.05, 4.69) is 26.4 Å². The lowest BCUT2D eigenvalue weighted by Crippen LogP contribution is -2.11. The molecule has 1 unspecified atom stereocenters. The molecule has 126 valence electrons. The number of hydrogen-bond acceptors (Lipinski definition) is 2. The first kappa shape index (κ1) is 15.6. The predicted molar refractivity (Wildman–Crippen MR) is 96.6 cm³/mol. The number of aromatic nitrogens is 4. The van der Waals surface area contributed by atoms with Crippen LogP contribution in [0.25, 0.3) is 22.4 Å². The van der Waals surface area contributed by atoms with Crippen LogP contribution in [-0.4, -0.2) is 19.5 Å². The van der Waals surface area contributed by atoms with Gasteiger partial charge in [0.05, 0.1) is 11.0 Å². The minimum Gasteiger partial charge on any atom is -0.342 e. The summed E-state index contributed by atoms with van der Waals surface area (Å²) in [5, 5.41) is 0. The molecule has 0 aliphatic heterocycles. The van der Waals surface area contributed by atoms with E-state index in [1.54, 1.807) is 18.3 Å². The van der Waals surface area contributed by atoms with Crippen molar-refractivity contribution < 1.29 is 4.39 Å². The number of nitrogens with zero attached hydrogens (tertiary/aromatic N) is 3. The van der Waals surface area contributed by atoms with Crippen molar-refractivity contribution in [2.45, 2.75) is 19.9 Å². The minimum absolute atomic E-state index is 0.236. The van der Waals surface area contributed by atoms with Gasteiger partial charge in [0.25, 0.3) is 0 Å². The summed E-state index contributed by atoms with van der Waals surface area (Å²) >= 11 is 0. The Morgan fingerprint density at radius 3 is 2.72 bits per heavy atom. The van der Waals surface area contributed by atoms with Crippen molar-refractivity contribution in [3.63, 3.8) is 0 Å². The molecule has 0 radical (unpaired) electrons. The van der Waals surface area contributed by atoms with Crippen molar-refractivity contribution in [3.8, 4) is 11.4 Å². The fourth-order valence-corrected chi connectivity index (χ4v) is 3.15. The van der Waals surface area contributed by atoms with Crippen LogP contribution in [0.15, 0.2) is 60.9 Å². The van der Waals surface area contributed by atoms with E-state index in [1.165, 1.54) is 12.1 Å². The standard InChI is InChI=1S/C20H19FN4/c1-14(12-19-23-17-4-2-3-5-18(17)24-19)13-25-11-10-22-20(25)15-6-8-16(21)9-7-15/h2-11,14H,12-13H2,1H3,(H,23,24). The minimum atomic E-state index is -0.236. The maximum atomic E-state index is 13.1. The molecule has 0 saturated heterocycles. The number of para-hydroxylation sites is 2. The largest absolute Gasteiger partial charge is 0.342 e. The summed E-state index contributed by atoms with van der Waals surface area (Å²) in [6.45, 7) is 3.02. The van der Waals surface area contributed by atoms with Crippen LogP contribution >= 0.6 is 0 Å². The van der Waals surface area contributed by atoms with Crippen LogP contribution in [0, 0.1) is 11.7 Å². The summed E-state index contributed by atoms with van der Waals surface area (Å²) in [6.07, 6.45) is 4.61. The van der Waals surface area contributed by atoms with Gasteiger partial charge in [0, 0.05) is 30.9 Å². The SMILES string of the molecule is CC(Cc1nc2ccccc2[nH]1)Cn1ccnc1-c1ccc(F)cc1. The number of halogens is 1. The molecule has 5 heteroatoms. The fourth-order valence-electron chi connectivity index (χ4n) is 3.15. The van der Waals surface area contributed by atoms with E-state index < -0.39 is 0 Å². The van der Waals surface area contributed by atoms with Crippen LogP contribution in [0.1, 0.15) is 12.7 Å². The second-order valence-electron chi connectivity index (χ2n) is 6.42. The number of imidazole rings is 2. The zero-order valence-electron chi connectivity index (χ0n) is 14.0. The smallest absolute Gasteiger partial charge is 0.139 e.